The van der Waals surface area contributed by atoms with Crippen LogP contribution in [0.5, 0.6) is 5.75 Å². The molecule has 0 saturated carbocycles. The van der Waals surface area contributed by atoms with Gasteiger partial charge < -0.3 is 14.8 Å². The Kier molecular flexibility index (Phi) is 4.55. The van der Waals surface area contributed by atoms with Crippen LogP contribution in [0.4, 0.5) is 5.95 Å². The minimum Gasteiger partial charge on any atom is -0.480 e. The number of esters is 1. The zero-order valence-corrected chi connectivity index (χ0v) is 18.8. The molecule has 0 radical (unpaired) electrons. The van der Waals surface area contributed by atoms with E-state index in [1.54, 1.807) is 29.8 Å². The van der Waals surface area contributed by atoms with Gasteiger partial charge in [0, 0.05) is 16.0 Å². The Morgan fingerprint density at radius 2 is 2.03 bits per heavy atom. The smallest absolute Gasteiger partial charge is 0.337 e. The normalized spacial score (nSPS) is 18.5. The Morgan fingerprint density at radius 3 is 2.79 bits per heavy atom. The van der Waals surface area contributed by atoms with Gasteiger partial charge in [0.05, 0.1) is 18.4 Å². The highest BCUT2D eigenvalue weighted by atomic mass is 32.1. The van der Waals surface area contributed by atoms with Crippen molar-refractivity contribution in [3.63, 3.8) is 0 Å². The Balaban J connectivity index is 1.57. The molecule has 0 fully saturated rings. The molecule has 2 aliphatic rings. The van der Waals surface area contributed by atoms with Gasteiger partial charge in [0.15, 0.2) is 0 Å². The van der Waals surface area contributed by atoms with Crippen molar-refractivity contribution in [1.29, 1.82) is 0 Å². The van der Waals surface area contributed by atoms with Gasteiger partial charge in [0.25, 0.3) is 0 Å². The van der Waals surface area contributed by atoms with Crippen LogP contribution in [0.1, 0.15) is 44.1 Å². The highest BCUT2D eigenvalue weighted by Crippen LogP contribution is 2.51. The number of nitrogens with one attached hydrogen (secondary N) is 1. The van der Waals surface area contributed by atoms with E-state index in [0.29, 0.717) is 11.5 Å². The number of benzene rings is 2. The van der Waals surface area contributed by atoms with E-state index in [2.05, 4.69) is 39.8 Å². The van der Waals surface area contributed by atoms with E-state index in [1.165, 1.54) is 7.11 Å². The Labute approximate surface area is 194 Å². The van der Waals surface area contributed by atoms with Gasteiger partial charge in [-0.1, -0.05) is 29.8 Å². The first-order valence-electron chi connectivity index (χ1n) is 10.5. The summed E-state index contributed by atoms with van der Waals surface area (Å²) in [5, 5.41) is 10.1. The number of methoxy groups -OCH3 is 1. The standard InChI is InChI=1S/C25H20N4O3S/c1-14-5-10-18-17(12-14)21-20(23(32-18)15-6-8-16(9-7-15)24(30)31-2)22(19-4-3-11-33-19)29-25(28-21)26-13-27-29/h3-13,22-23H,1-2H3,(H,26,27,28)/t22-,23-/m0/s1. The highest BCUT2D eigenvalue weighted by molar-refractivity contribution is 7.10. The summed E-state index contributed by atoms with van der Waals surface area (Å²) in [6, 6.07) is 17.5. The summed E-state index contributed by atoms with van der Waals surface area (Å²) < 4.78 is 13.4. The van der Waals surface area contributed by atoms with Crippen molar-refractivity contribution >= 4 is 29.0 Å². The number of thiophene rings is 1. The van der Waals surface area contributed by atoms with Crippen LogP contribution >= 0.6 is 11.3 Å². The molecule has 2 atom stereocenters. The molecule has 0 amide bonds. The van der Waals surface area contributed by atoms with Gasteiger partial charge in [-0.3, -0.25) is 0 Å². The fraction of sp³-hybridized carbons (Fsp3) is 0.160. The van der Waals surface area contributed by atoms with E-state index in [4.69, 9.17) is 9.47 Å². The Morgan fingerprint density at radius 1 is 1.18 bits per heavy atom. The van der Waals surface area contributed by atoms with Gasteiger partial charge in [-0.25, -0.2) is 9.48 Å². The van der Waals surface area contributed by atoms with E-state index < -0.39 is 0 Å². The molecule has 4 heterocycles. The maximum absolute atomic E-state index is 11.9. The van der Waals surface area contributed by atoms with Crippen molar-refractivity contribution < 1.29 is 14.3 Å². The van der Waals surface area contributed by atoms with Crippen molar-refractivity contribution in [2.45, 2.75) is 19.1 Å². The van der Waals surface area contributed by atoms with Gasteiger partial charge in [0.1, 0.15) is 24.2 Å². The third-order valence-corrected chi connectivity index (χ3v) is 6.94. The molecule has 164 valence electrons. The van der Waals surface area contributed by atoms with Gasteiger partial charge in [-0.05, 0) is 48.2 Å². The summed E-state index contributed by atoms with van der Waals surface area (Å²) in [5.41, 5.74) is 5.63. The van der Waals surface area contributed by atoms with Gasteiger partial charge in [-0.2, -0.15) is 10.1 Å². The van der Waals surface area contributed by atoms with Crippen molar-refractivity contribution in [2.75, 3.05) is 12.4 Å². The molecule has 0 spiro atoms. The maximum Gasteiger partial charge on any atom is 0.337 e. The molecule has 0 saturated heterocycles. The van der Waals surface area contributed by atoms with E-state index in [0.717, 1.165) is 38.6 Å². The van der Waals surface area contributed by atoms with Crippen LogP contribution in [0, 0.1) is 6.92 Å². The summed E-state index contributed by atoms with van der Waals surface area (Å²) in [6.45, 7) is 2.07. The van der Waals surface area contributed by atoms with Crippen LogP contribution in [0.2, 0.25) is 0 Å². The Bertz CT molecular complexity index is 1390. The van der Waals surface area contributed by atoms with Crippen molar-refractivity contribution in [2.24, 2.45) is 0 Å². The van der Waals surface area contributed by atoms with Gasteiger partial charge in [0.2, 0.25) is 5.95 Å². The minimum absolute atomic E-state index is 0.169. The van der Waals surface area contributed by atoms with Crippen molar-refractivity contribution in [3.8, 4) is 5.75 Å². The third kappa shape index (κ3) is 3.14. The second-order valence-electron chi connectivity index (χ2n) is 8.01. The predicted molar refractivity (Wildman–Crippen MR) is 125 cm³/mol. The molecule has 0 aliphatic carbocycles. The number of carbonyl (C=O) groups excluding carboxylic acids is 1. The summed E-state index contributed by atoms with van der Waals surface area (Å²) in [5.74, 6) is 1.13. The monoisotopic (exact) mass is 456 g/mol. The number of anilines is 1. The molecule has 7 nitrogen and oxygen atoms in total. The zero-order valence-electron chi connectivity index (χ0n) is 18.0. The molecular formula is C25H20N4O3S. The van der Waals surface area contributed by atoms with Gasteiger partial charge in [-0.15, -0.1) is 11.3 Å². The van der Waals surface area contributed by atoms with E-state index in [1.807, 2.05) is 35.0 Å². The molecule has 0 bridgehead atoms. The summed E-state index contributed by atoms with van der Waals surface area (Å²) in [7, 11) is 1.38. The fourth-order valence-corrected chi connectivity index (χ4v) is 5.32. The second kappa shape index (κ2) is 7.60. The molecule has 33 heavy (non-hydrogen) atoms. The molecule has 2 aliphatic heterocycles. The molecule has 0 unspecified atom stereocenters. The van der Waals surface area contributed by atoms with Gasteiger partial charge >= 0.3 is 5.97 Å². The fourth-order valence-electron chi connectivity index (χ4n) is 4.49. The summed E-state index contributed by atoms with van der Waals surface area (Å²) >= 11 is 1.68. The average Bonchev–Trinajstić information content (AvgIpc) is 3.54. The number of ether oxygens (including phenoxy) is 2. The molecule has 2 aromatic heterocycles. The van der Waals surface area contributed by atoms with E-state index in [9.17, 15) is 4.79 Å². The number of hydrogen-bond donors (Lipinski definition) is 1. The van der Waals surface area contributed by atoms with Crippen LogP contribution in [-0.2, 0) is 4.74 Å². The predicted octanol–water partition coefficient (Wildman–Crippen LogP) is 4.99. The number of fused-ring (bicyclic) bond motifs is 3. The number of rotatable bonds is 3. The van der Waals surface area contributed by atoms with E-state index in [-0.39, 0.29) is 18.1 Å². The molecule has 4 aromatic rings. The third-order valence-electron chi connectivity index (χ3n) is 6.02. The molecule has 8 heteroatoms. The lowest BCUT2D eigenvalue weighted by Gasteiger charge is -2.38. The van der Waals surface area contributed by atoms with Crippen LogP contribution in [0.15, 0.2) is 71.9 Å². The SMILES string of the molecule is COC(=O)c1ccc([C@@H]2Oc3ccc(C)cc3C3=C2[C@H](c2cccs2)n2ncnc2N3)cc1. The first-order chi connectivity index (χ1) is 16.1. The largest absolute Gasteiger partial charge is 0.480 e. The number of aromatic nitrogens is 3. The summed E-state index contributed by atoms with van der Waals surface area (Å²) in [4.78, 5) is 17.6. The lowest BCUT2D eigenvalue weighted by Crippen LogP contribution is -2.32. The first kappa shape index (κ1) is 19.8. The molecule has 2 aromatic carbocycles. The number of hydrogen-bond acceptors (Lipinski definition) is 7. The summed E-state index contributed by atoms with van der Waals surface area (Å²) in [6.07, 6.45) is 1.19. The number of carbonyl (C=O) groups is 1. The number of aryl methyl sites for hydroxylation is 1. The molecule has 6 rings (SSSR count). The van der Waals surface area contributed by atoms with Crippen LogP contribution in [0.3, 0.4) is 0 Å². The lowest BCUT2D eigenvalue weighted by molar-refractivity contribution is 0.0600. The molecule has 1 N–H and O–H groups in total. The zero-order chi connectivity index (χ0) is 22.5. The highest BCUT2D eigenvalue weighted by Gasteiger charge is 2.41. The van der Waals surface area contributed by atoms with Crippen LogP contribution in [0.25, 0.3) is 5.70 Å². The topological polar surface area (TPSA) is 78.3 Å². The maximum atomic E-state index is 11.9. The Hall–Kier alpha value is -3.91. The minimum atomic E-state index is -0.376. The number of nitrogens with zero attached hydrogens (tertiary/aromatic N) is 3. The molecular weight excluding hydrogens is 436 g/mol. The first-order valence-corrected chi connectivity index (χ1v) is 11.4. The quantitative estimate of drug-likeness (QED) is 0.438. The lowest BCUT2D eigenvalue weighted by atomic mass is 9.86. The van der Waals surface area contributed by atoms with Crippen LogP contribution < -0.4 is 10.1 Å². The second-order valence-corrected chi connectivity index (χ2v) is 8.99. The van der Waals surface area contributed by atoms with E-state index >= 15 is 0 Å². The average molecular weight is 457 g/mol. The van der Waals surface area contributed by atoms with Crippen LogP contribution in [-0.4, -0.2) is 27.8 Å². The van der Waals surface area contributed by atoms with Crippen molar-refractivity contribution in [3.05, 3.63) is 99.0 Å². The van der Waals surface area contributed by atoms with Crippen molar-refractivity contribution in [1.82, 2.24) is 14.8 Å².